The third-order valence-electron chi connectivity index (χ3n) is 4.60. The summed E-state index contributed by atoms with van der Waals surface area (Å²) in [5.41, 5.74) is 1.81. The van der Waals surface area contributed by atoms with Crippen molar-refractivity contribution in [1.29, 1.82) is 0 Å². The Hall–Kier alpha value is -1.62. The van der Waals surface area contributed by atoms with E-state index in [9.17, 15) is 9.18 Å². The van der Waals surface area contributed by atoms with Crippen molar-refractivity contribution < 1.29 is 13.9 Å². The lowest BCUT2D eigenvalue weighted by Gasteiger charge is -2.34. The third-order valence-corrected chi connectivity index (χ3v) is 5.34. The molecule has 0 N–H and O–H groups in total. The first-order valence-corrected chi connectivity index (χ1v) is 9.31. The van der Waals surface area contributed by atoms with E-state index in [-0.39, 0.29) is 17.5 Å². The van der Waals surface area contributed by atoms with E-state index in [1.165, 1.54) is 13.0 Å². The quantitative estimate of drug-likeness (QED) is 0.624. The molecule has 1 aliphatic heterocycles. The molecule has 3 rings (SSSR count). The summed E-state index contributed by atoms with van der Waals surface area (Å²) in [5, 5.41) is 1.05. The van der Waals surface area contributed by atoms with Crippen molar-refractivity contribution in [3.63, 3.8) is 0 Å². The van der Waals surface area contributed by atoms with Gasteiger partial charge < -0.3 is 9.64 Å². The van der Waals surface area contributed by atoms with Crippen molar-refractivity contribution in [3.05, 3.63) is 63.4 Å². The fourth-order valence-electron chi connectivity index (χ4n) is 3.23. The van der Waals surface area contributed by atoms with Gasteiger partial charge in [0.2, 0.25) is 0 Å². The molecule has 1 aliphatic rings. The lowest BCUT2D eigenvalue weighted by Crippen LogP contribution is -2.37. The normalized spacial score (nSPS) is 15.3. The van der Waals surface area contributed by atoms with Crippen molar-refractivity contribution >= 4 is 34.7 Å². The molecule has 1 heterocycles. The summed E-state index contributed by atoms with van der Waals surface area (Å²) < 4.78 is 20.0. The number of hydrogen-bond donors (Lipinski definition) is 0. The average molecular weight is 396 g/mol. The van der Waals surface area contributed by atoms with Gasteiger partial charge in [0.15, 0.2) is 5.78 Å². The molecule has 6 heteroatoms. The van der Waals surface area contributed by atoms with Crippen LogP contribution in [0.15, 0.2) is 36.4 Å². The predicted octanol–water partition coefficient (Wildman–Crippen LogP) is 5.52. The van der Waals surface area contributed by atoms with Crippen LogP contribution in [0.1, 0.15) is 35.7 Å². The molecular weight excluding hydrogens is 376 g/mol. The Labute approximate surface area is 162 Å². The second-order valence-corrected chi connectivity index (χ2v) is 7.25. The molecular formula is C20H20Cl2FNO2. The minimum Gasteiger partial charge on any atom is -0.373 e. The van der Waals surface area contributed by atoms with Crippen molar-refractivity contribution in [3.8, 4) is 0 Å². The molecule has 1 fully saturated rings. The molecule has 0 unspecified atom stereocenters. The van der Waals surface area contributed by atoms with Crippen molar-refractivity contribution in [2.24, 2.45) is 0 Å². The summed E-state index contributed by atoms with van der Waals surface area (Å²) in [6.45, 7) is 3.31. The van der Waals surface area contributed by atoms with E-state index in [1.54, 1.807) is 18.2 Å². The zero-order valence-electron chi connectivity index (χ0n) is 14.5. The largest absolute Gasteiger partial charge is 0.373 e. The molecule has 1 saturated heterocycles. The summed E-state index contributed by atoms with van der Waals surface area (Å²) in [7, 11) is 0. The van der Waals surface area contributed by atoms with Crippen LogP contribution in [0.3, 0.4) is 0 Å². The highest BCUT2D eigenvalue weighted by Gasteiger charge is 2.24. The van der Waals surface area contributed by atoms with Crippen molar-refractivity contribution in [1.82, 2.24) is 0 Å². The molecule has 0 saturated carbocycles. The van der Waals surface area contributed by atoms with Gasteiger partial charge in [-0.2, -0.15) is 0 Å². The van der Waals surface area contributed by atoms with Gasteiger partial charge in [0.25, 0.3) is 0 Å². The number of benzene rings is 2. The van der Waals surface area contributed by atoms with Crippen LogP contribution in [0, 0.1) is 5.82 Å². The number of nitrogens with zero attached hydrogens (tertiary/aromatic N) is 1. The lowest BCUT2D eigenvalue weighted by molar-refractivity contribution is 0.0251. The van der Waals surface area contributed by atoms with Gasteiger partial charge in [0.05, 0.1) is 34.0 Å². The van der Waals surface area contributed by atoms with E-state index in [1.807, 2.05) is 12.1 Å². The van der Waals surface area contributed by atoms with Crippen LogP contribution in [0.25, 0.3) is 0 Å². The highest BCUT2D eigenvalue weighted by atomic mass is 35.5. The third kappa shape index (κ3) is 4.37. The fraction of sp³-hybridized carbons (Fsp3) is 0.350. The molecule has 26 heavy (non-hydrogen) atoms. The number of Topliss-reactive ketones (excluding diaryl/α,β-unsaturated/α-hetero) is 1. The number of piperidine rings is 1. The van der Waals surface area contributed by atoms with Crippen LogP contribution in [-0.2, 0) is 11.3 Å². The molecule has 138 valence electrons. The Kier molecular flexibility index (Phi) is 6.17. The summed E-state index contributed by atoms with van der Waals surface area (Å²) in [6.07, 6.45) is 1.75. The van der Waals surface area contributed by atoms with Gasteiger partial charge in [-0.3, -0.25) is 4.79 Å². The predicted molar refractivity (Wildman–Crippen MR) is 103 cm³/mol. The van der Waals surface area contributed by atoms with E-state index in [0.29, 0.717) is 22.3 Å². The molecule has 0 radical (unpaired) electrons. The highest BCUT2D eigenvalue weighted by Crippen LogP contribution is 2.28. The Bertz CT molecular complexity index is 804. The summed E-state index contributed by atoms with van der Waals surface area (Å²) >= 11 is 11.9. The SMILES string of the molecule is CC(=O)c1c(F)cccc1N1CCC(OCc2ccc(Cl)c(Cl)c2)CC1. The molecule has 3 nitrogen and oxygen atoms in total. The maximum Gasteiger partial charge on any atom is 0.164 e. The molecule has 2 aromatic rings. The summed E-state index contributed by atoms with van der Waals surface area (Å²) in [4.78, 5) is 13.8. The molecule has 0 bridgehead atoms. The topological polar surface area (TPSA) is 29.5 Å². The first-order chi connectivity index (χ1) is 12.5. The number of carbonyl (C=O) groups is 1. The van der Waals surface area contributed by atoms with Gasteiger partial charge in [0.1, 0.15) is 5.82 Å². The smallest absolute Gasteiger partial charge is 0.164 e. The van der Waals surface area contributed by atoms with E-state index < -0.39 is 5.82 Å². The molecule has 0 spiro atoms. The Balaban J connectivity index is 1.59. The Morgan fingerprint density at radius 2 is 1.92 bits per heavy atom. The number of rotatable bonds is 5. The lowest BCUT2D eigenvalue weighted by atomic mass is 10.0. The van der Waals surface area contributed by atoms with Crippen LogP contribution in [0.4, 0.5) is 10.1 Å². The molecule has 0 amide bonds. The zero-order valence-corrected chi connectivity index (χ0v) is 16.0. The van der Waals surface area contributed by atoms with Gasteiger partial charge >= 0.3 is 0 Å². The fourth-order valence-corrected chi connectivity index (χ4v) is 3.55. The Morgan fingerprint density at radius 3 is 2.58 bits per heavy atom. The van der Waals surface area contributed by atoms with Gasteiger partial charge in [-0.15, -0.1) is 0 Å². The second-order valence-electron chi connectivity index (χ2n) is 6.44. The number of carbonyl (C=O) groups excluding carboxylic acids is 1. The van der Waals surface area contributed by atoms with Crippen LogP contribution < -0.4 is 4.90 Å². The van der Waals surface area contributed by atoms with Gasteiger partial charge in [-0.1, -0.05) is 35.3 Å². The maximum atomic E-state index is 14.0. The van der Waals surface area contributed by atoms with Crippen LogP contribution >= 0.6 is 23.2 Å². The average Bonchev–Trinajstić information content (AvgIpc) is 2.62. The minimum absolute atomic E-state index is 0.120. The van der Waals surface area contributed by atoms with Gasteiger partial charge in [-0.05, 0) is 49.6 Å². The van der Waals surface area contributed by atoms with Crippen molar-refractivity contribution in [2.75, 3.05) is 18.0 Å². The molecule has 0 aromatic heterocycles. The minimum atomic E-state index is -0.465. The number of hydrogen-bond acceptors (Lipinski definition) is 3. The summed E-state index contributed by atoms with van der Waals surface area (Å²) in [5.74, 6) is -0.718. The van der Waals surface area contributed by atoms with Crippen LogP contribution in [0.2, 0.25) is 10.0 Å². The van der Waals surface area contributed by atoms with Gasteiger partial charge in [0, 0.05) is 13.1 Å². The molecule has 0 atom stereocenters. The second kappa shape index (κ2) is 8.38. The zero-order chi connectivity index (χ0) is 18.7. The molecule has 2 aromatic carbocycles. The number of halogens is 3. The maximum absolute atomic E-state index is 14.0. The van der Waals surface area contributed by atoms with Crippen molar-refractivity contribution in [2.45, 2.75) is 32.5 Å². The number of ketones is 1. The van der Waals surface area contributed by atoms with Crippen LogP contribution in [-0.4, -0.2) is 25.0 Å². The molecule has 0 aliphatic carbocycles. The monoisotopic (exact) mass is 395 g/mol. The Morgan fingerprint density at radius 1 is 1.19 bits per heavy atom. The number of anilines is 1. The first-order valence-electron chi connectivity index (χ1n) is 8.55. The van der Waals surface area contributed by atoms with E-state index in [0.717, 1.165) is 31.5 Å². The first kappa shape index (κ1) is 19.2. The van der Waals surface area contributed by atoms with Crippen LogP contribution in [0.5, 0.6) is 0 Å². The highest BCUT2D eigenvalue weighted by molar-refractivity contribution is 6.42. The van der Waals surface area contributed by atoms with E-state index >= 15 is 0 Å². The number of ether oxygens (including phenoxy) is 1. The summed E-state index contributed by atoms with van der Waals surface area (Å²) in [6, 6.07) is 10.2. The standard InChI is InChI=1S/C20H20Cl2FNO2/c1-13(25)20-18(23)3-2-4-19(20)24-9-7-15(8-10-24)26-12-14-5-6-16(21)17(22)11-14/h2-6,11,15H,7-10,12H2,1H3. The van der Waals surface area contributed by atoms with E-state index in [4.69, 9.17) is 27.9 Å². The van der Waals surface area contributed by atoms with E-state index in [2.05, 4.69) is 4.90 Å². The van der Waals surface area contributed by atoms with Gasteiger partial charge in [-0.25, -0.2) is 4.39 Å².